The summed E-state index contributed by atoms with van der Waals surface area (Å²) in [4.78, 5) is 53.5. The number of methoxy groups -OCH3 is 3. The molecule has 0 amide bonds. The monoisotopic (exact) mass is 544 g/mol. The van der Waals surface area contributed by atoms with Crippen molar-refractivity contribution < 1.29 is 28.7 Å². The summed E-state index contributed by atoms with van der Waals surface area (Å²) in [6, 6.07) is 16.6. The Morgan fingerprint density at radius 3 is 2.15 bits per heavy atom. The molecule has 0 saturated heterocycles. The third-order valence-electron chi connectivity index (χ3n) is 6.06. The average Bonchev–Trinajstić information content (AvgIpc) is 3.33. The maximum absolute atomic E-state index is 13.8. The molecule has 1 N–H and O–H groups in total. The van der Waals surface area contributed by atoms with Gasteiger partial charge in [0, 0.05) is 17.7 Å². The van der Waals surface area contributed by atoms with Gasteiger partial charge in [-0.2, -0.15) is 0 Å². The summed E-state index contributed by atoms with van der Waals surface area (Å²) in [5.41, 5.74) is 1.46. The van der Waals surface area contributed by atoms with Crippen LogP contribution in [-0.4, -0.2) is 53.7 Å². The van der Waals surface area contributed by atoms with E-state index in [1.54, 1.807) is 31.2 Å². The van der Waals surface area contributed by atoms with Gasteiger partial charge in [-0.15, -0.1) is 0 Å². The predicted octanol–water partition coefficient (Wildman–Crippen LogP) is 4.46. The summed E-state index contributed by atoms with van der Waals surface area (Å²) in [6.45, 7) is 1.59. The van der Waals surface area contributed by atoms with Gasteiger partial charge in [0.05, 0.1) is 65.7 Å². The highest BCUT2D eigenvalue weighted by molar-refractivity contribution is 6.07. The lowest BCUT2D eigenvalue weighted by molar-refractivity contribution is -0.384. The SMILES string of the molecule is COC(=O)c1ccc(C(=O)OC)c(N=C(C)c2c(-c3ccc(OC)cc3)[nH]n(-c3ccc([N+](=O)[O-])cc3)c2=O)c1. The molecule has 0 radical (unpaired) electrons. The number of aromatic nitrogens is 2. The number of nitrogens with one attached hydrogen (secondary N) is 1. The van der Waals surface area contributed by atoms with Gasteiger partial charge in [0.25, 0.3) is 11.2 Å². The summed E-state index contributed by atoms with van der Waals surface area (Å²) in [6.07, 6.45) is 0. The number of hydrogen-bond donors (Lipinski definition) is 1. The topological polar surface area (TPSA) is 155 Å². The van der Waals surface area contributed by atoms with Crippen LogP contribution in [0.15, 0.2) is 76.5 Å². The van der Waals surface area contributed by atoms with Crippen molar-refractivity contribution in [1.29, 1.82) is 0 Å². The Hall–Kier alpha value is -5.52. The first-order valence-electron chi connectivity index (χ1n) is 11.8. The second kappa shape index (κ2) is 11.5. The fraction of sp³-hybridized carbons (Fsp3) is 0.143. The Bertz CT molecular complexity index is 1680. The molecule has 40 heavy (non-hydrogen) atoms. The van der Waals surface area contributed by atoms with E-state index in [1.807, 2.05) is 0 Å². The largest absolute Gasteiger partial charge is 0.497 e. The smallest absolute Gasteiger partial charge is 0.340 e. The van der Waals surface area contributed by atoms with Crippen molar-refractivity contribution in [3.05, 3.63) is 104 Å². The standard InChI is InChI=1S/C28H24N4O8/c1-16(29-23-15-18(27(34)39-3)7-14-22(23)28(35)40-4)24-25(17-5-12-21(38-2)13-6-17)30-31(26(24)33)19-8-10-20(11-9-19)32(36)37/h5-15,30H,1-4H3. The van der Waals surface area contributed by atoms with E-state index < -0.39 is 22.4 Å². The number of nitrogens with zero attached hydrogens (tertiary/aromatic N) is 3. The highest BCUT2D eigenvalue weighted by atomic mass is 16.6. The fourth-order valence-electron chi connectivity index (χ4n) is 4.03. The Morgan fingerprint density at radius 2 is 1.57 bits per heavy atom. The minimum absolute atomic E-state index is 0.0757. The number of esters is 2. The van der Waals surface area contributed by atoms with E-state index in [0.29, 0.717) is 22.7 Å². The molecule has 1 heterocycles. The average molecular weight is 545 g/mol. The zero-order chi connectivity index (χ0) is 29.0. The van der Waals surface area contributed by atoms with Gasteiger partial charge in [0.15, 0.2) is 0 Å². The van der Waals surface area contributed by atoms with Crippen LogP contribution in [0.1, 0.15) is 33.2 Å². The molecule has 0 aliphatic carbocycles. The first-order chi connectivity index (χ1) is 19.2. The lowest BCUT2D eigenvalue weighted by Crippen LogP contribution is -2.19. The van der Waals surface area contributed by atoms with Gasteiger partial charge in [0.1, 0.15) is 5.75 Å². The van der Waals surface area contributed by atoms with Crippen LogP contribution in [-0.2, 0) is 9.47 Å². The molecule has 12 heteroatoms. The summed E-state index contributed by atoms with van der Waals surface area (Å²) in [5, 5.41) is 14.2. The highest BCUT2D eigenvalue weighted by Crippen LogP contribution is 2.28. The Morgan fingerprint density at radius 1 is 0.925 bits per heavy atom. The van der Waals surface area contributed by atoms with Gasteiger partial charge in [-0.05, 0) is 61.5 Å². The van der Waals surface area contributed by atoms with Gasteiger partial charge in [-0.3, -0.25) is 25.0 Å². The van der Waals surface area contributed by atoms with Crippen LogP contribution in [0.5, 0.6) is 5.75 Å². The van der Waals surface area contributed by atoms with E-state index in [9.17, 15) is 24.5 Å². The molecule has 0 fully saturated rings. The summed E-state index contributed by atoms with van der Waals surface area (Å²) >= 11 is 0. The first-order valence-corrected chi connectivity index (χ1v) is 11.8. The number of aliphatic imine (C=N–C) groups is 1. The van der Waals surface area contributed by atoms with E-state index in [4.69, 9.17) is 14.2 Å². The highest BCUT2D eigenvalue weighted by Gasteiger charge is 2.22. The van der Waals surface area contributed by atoms with Crippen molar-refractivity contribution in [3.63, 3.8) is 0 Å². The Kier molecular flexibility index (Phi) is 7.89. The van der Waals surface area contributed by atoms with E-state index >= 15 is 0 Å². The van der Waals surface area contributed by atoms with Gasteiger partial charge in [0.2, 0.25) is 0 Å². The zero-order valence-corrected chi connectivity index (χ0v) is 22.0. The van der Waals surface area contributed by atoms with E-state index in [1.165, 1.54) is 68.5 Å². The molecular formula is C28H24N4O8. The maximum Gasteiger partial charge on any atom is 0.340 e. The van der Waals surface area contributed by atoms with Crippen molar-refractivity contribution in [2.75, 3.05) is 21.3 Å². The molecule has 0 unspecified atom stereocenters. The van der Waals surface area contributed by atoms with Gasteiger partial charge < -0.3 is 14.2 Å². The number of hydrogen-bond acceptors (Lipinski definition) is 9. The van der Waals surface area contributed by atoms with Crippen molar-refractivity contribution >= 4 is 29.0 Å². The first kappa shape index (κ1) is 27.5. The van der Waals surface area contributed by atoms with Crippen LogP contribution in [0.2, 0.25) is 0 Å². The number of non-ortho nitro benzene ring substituents is 1. The third kappa shape index (κ3) is 5.36. The second-order valence-corrected chi connectivity index (χ2v) is 8.42. The molecule has 3 aromatic carbocycles. The van der Waals surface area contributed by atoms with E-state index in [-0.39, 0.29) is 33.8 Å². The van der Waals surface area contributed by atoms with Crippen LogP contribution >= 0.6 is 0 Å². The third-order valence-corrected chi connectivity index (χ3v) is 6.06. The number of carbonyl (C=O) groups excluding carboxylic acids is 2. The lowest BCUT2D eigenvalue weighted by Gasteiger charge is -2.08. The molecule has 0 spiro atoms. The number of rotatable bonds is 8. The summed E-state index contributed by atoms with van der Waals surface area (Å²) < 4.78 is 16.1. The summed E-state index contributed by atoms with van der Waals surface area (Å²) in [7, 11) is 3.98. The van der Waals surface area contributed by atoms with Crippen LogP contribution in [0.3, 0.4) is 0 Å². The zero-order valence-electron chi connectivity index (χ0n) is 22.0. The van der Waals surface area contributed by atoms with Gasteiger partial charge in [-0.25, -0.2) is 14.3 Å². The Labute approximate surface area is 227 Å². The number of nitro groups is 1. The quantitative estimate of drug-likeness (QED) is 0.147. The lowest BCUT2D eigenvalue weighted by atomic mass is 10.0. The fourth-order valence-corrected chi connectivity index (χ4v) is 4.03. The molecule has 0 saturated carbocycles. The molecule has 4 rings (SSSR count). The minimum atomic E-state index is -0.685. The molecule has 0 bridgehead atoms. The molecule has 204 valence electrons. The molecule has 1 aromatic heterocycles. The molecule has 0 atom stereocenters. The van der Waals surface area contributed by atoms with Crippen molar-refractivity contribution in [1.82, 2.24) is 9.78 Å². The van der Waals surface area contributed by atoms with Crippen LogP contribution in [0.4, 0.5) is 11.4 Å². The van der Waals surface area contributed by atoms with Gasteiger partial charge in [-0.1, -0.05) is 0 Å². The van der Waals surface area contributed by atoms with Crippen molar-refractivity contribution in [2.24, 2.45) is 4.99 Å². The van der Waals surface area contributed by atoms with Crippen LogP contribution in [0.25, 0.3) is 16.9 Å². The molecule has 4 aromatic rings. The molecular weight excluding hydrogens is 520 g/mol. The van der Waals surface area contributed by atoms with Crippen molar-refractivity contribution in [2.45, 2.75) is 6.92 Å². The van der Waals surface area contributed by atoms with Crippen LogP contribution in [0, 0.1) is 10.1 Å². The van der Waals surface area contributed by atoms with Gasteiger partial charge >= 0.3 is 11.9 Å². The predicted molar refractivity (Wildman–Crippen MR) is 146 cm³/mol. The number of ether oxygens (including phenoxy) is 3. The van der Waals surface area contributed by atoms with Crippen LogP contribution < -0.4 is 10.3 Å². The van der Waals surface area contributed by atoms with Crippen molar-refractivity contribution in [3.8, 4) is 22.7 Å². The number of H-pyrrole nitrogens is 1. The van der Waals surface area contributed by atoms with E-state index in [2.05, 4.69) is 10.1 Å². The second-order valence-electron chi connectivity index (χ2n) is 8.42. The number of nitro benzene ring substituents is 1. The normalized spacial score (nSPS) is 11.2. The molecule has 12 nitrogen and oxygen atoms in total. The minimum Gasteiger partial charge on any atom is -0.497 e. The summed E-state index contributed by atoms with van der Waals surface area (Å²) in [5.74, 6) is -0.711. The molecule has 0 aliphatic rings. The number of carbonyl (C=O) groups is 2. The Balaban J connectivity index is 1.94. The number of benzene rings is 3. The molecule has 0 aliphatic heterocycles. The van der Waals surface area contributed by atoms with E-state index in [0.717, 1.165) is 0 Å². The number of aromatic amines is 1. The maximum atomic E-state index is 13.8.